The number of nitrogens with zero attached hydrogens (tertiary/aromatic N) is 1. The zero-order chi connectivity index (χ0) is 23.7. The van der Waals surface area contributed by atoms with Crippen molar-refractivity contribution in [2.24, 2.45) is 0 Å². The van der Waals surface area contributed by atoms with Crippen LogP contribution in [0.25, 0.3) is 10.9 Å². The standard InChI is InChI=1S/C28H25Cl3N2O/c29-23-15-22-10-12-32-27(22)24(16-23)28(34)33(13-11-18-6-9-25(30)26(31)14-18)17-19-4-7-21(8-5-19)20-2-1-3-20/h4-10,12,14-16,20,32H,1-3,11,13,17H2. The molecule has 0 aliphatic heterocycles. The SMILES string of the molecule is O=C(c1cc(Cl)cc2cc[nH]c12)N(CCc1ccc(Cl)c(Cl)c1)Cc1ccc(C2CCC2)cc1. The summed E-state index contributed by atoms with van der Waals surface area (Å²) in [5.41, 5.74) is 4.91. The molecule has 6 heteroatoms. The zero-order valence-electron chi connectivity index (χ0n) is 18.7. The lowest BCUT2D eigenvalue weighted by Crippen LogP contribution is -2.32. The molecule has 1 saturated carbocycles. The molecule has 0 spiro atoms. The largest absolute Gasteiger partial charge is 0.361 e. The first-order chi connectivity index (χ1) is 16.5. The number of H-pyrrole nitrogens is 1. The maximum atomic E-state index is 13.8. The number of carbonyl (C=O) groups excluding carboxylic acids is 1. The van der Waals surface area contributed by atoms with Gasteiger partial charge in [0, 0.05) is 29.7 Å². The molecule has 0 bridgehead atoms. The third kappa shape index (κ3) is 4.98. The number of carbonyl (C=O) groups is 1. The second-order valence-corrected chi connectivity index (χ2v) is 10.2. The van der Waals surface area contributed by atoms with Crippen molar-refractivity contribution in [2.75, 3.05) is 6.54 Å². The molecule has 3 nitrogen and oxygen atoms in total. The van der Waals surface area contributed by atoms with Gasteiger partial charge in [0.05, 0.1) is 21.1 Å². The summed E-state index contributed by atoms with van der Waals surface area (Å²) in [6.07, 6.45) is 6.35. The van der Waals surface area contributed by atoms with Gasteiger partial charge in [-0.3, -0.25) is 4.79 Å². The number of hydrogen-bond donors (Lipinski definition) is 1. The maximum Gasteiger partial charge on any atom is 0.256 e. The Kier molecular flexibility index (Phi) is 6.87. The summed E-state index contributed by atoms with van der Waals surface area (Å²) in [6.45, 7) is 1.05. The quantitative estimate of drug-likeness (QED) is 0.266. The Morgan fingerprint density at radius 1 is 0.912 bits per heavy atom. The van der Waals surface area contributed by atoms with Crippen LogP contribution < -0.4 is 0 Å². The van der Waals surface area contributed by atoms with E-state index >= 15 is 0 Å². The average Bonchev–Trinajstić information content (AvgIpc) is 3.26. The number of halogens is 3. The van der Waals surface area contributed by atoms with Crippen molar-refractivity contribution in [3.05, 3.63) is 104 Å². The smallest absolute Gasteiger partial charge is 0.256 e. The fourth-order valence-corrected chi connectivity index (χ4v) is 5.09. The average molecular weight is 512 g/mol. The molecule has 34 heavy (non-hydrogen) atoms. The molecule has 0 radical (unpaired) electrons. The molecule has 4 aromatic rings. The van der Waals surface area contributed by atoms with Crippen LogP contribution in [-0.2, 0) is 13.0 Å². The fourth-order valence-electron chi connectivity index (χ4n) is 4.54. The molecule has 1 aliphatic carbocycles. The highest BCUT2D eigenvalue weighted by Gasteiger charge is 2.22. The van der Waals surface area contributed by atoms with E-state index in [9.17, 15) is 4.79 Å². The van der Waals surface area contributed by atoms with E-state index in [-0.39, 0.29) is 5.91 Å². The van der Waals surface area contributed by atoms with E-state index in [1.165, 1.54) is 24.8 Å². The van der Waals surface area contributed by atoms with Crippen molar-refractivity contribution in [1.29, 1.82) is 0 Å². The number of benzene rings is 3. The molecule has 1 fully saturated rings. The van der Waals surface area contributed by atoms with Gasteiger partial charge in [0.15, 0.2) is 0 Å². The van der Waals surface area contributed by atoms with E-state index in [0.717, 1.165) is 22.0 Å². The topological polar surface area (TPSA) is 36.1 Å². The maximum absolute atomic E-state index is 13.8. The Labute approximate surface area is 214 Å². The first kappa shape index (κ1) is 23.3. The lowest BCUT2D eigenvalue weighted by atomic mass is 9.80. The third-order valence-electron chi connectivity index (χ3n) is 6.73. The first-order valence-corrected chi connectivity index (χ1v) is 12.7. The van der Waals surface area contributed by atoms with Crippen molar-refractivity contribution >= 4 is 51.6 Å². The number of fused-ring (bicyclic) bond motifs is 1. The molecule has 174 valence electrons. The highest BCUT2D eigenvalue weighted by atomic mass is 35.5. The van der Waals surface area contributed by atoms with Crippen LogP contribution in [-0.4, -0.2) is 22.3 Å². The number of aromatic amines is 1. The Morgan fingerprint density at radius 3 is 2.38 bits per heavy atom. The highest BCUT2D eigenvalue weighted by Crippen LogP contribution is 2.36. The van der Waals surface area contributed by atoms with E-state index in [1.807, 2.05) is 35.4 Å². The second-order valence-electron chi connectivity index (χ2n) is 8.99. The van der Waals surface area contributed by atoms with Gasteiger partial charge in [-0.2, -0.15) is 0 Å². The van der Waals surface area contributed by atoms with E-state index in [2.05, 4.69) is 29.2 Å². The first-order valence-electron chi connectivity index (χ1n) is 11.6. The van der Waals surface area contributed by atoms with Crippen LogP contribution >= 0.6 is 34.8 Å². The molecule has 0 saturated heterocycles. The van der Waals surface area contributed by atoms with Gasteiger partial charge in [0.25, 0.3) is 5.91 Å². The number of aromatic nitrogens is 1. The van der Waals surface area contributed by atoms with Gasteiger partial charge in [-0.05, 0) is 72.2 Å². The van der Waals surface area contributed by atoms with Gasteiger partial charge >= 0.3 is 0 Å². The van der Waals surface area contributed by atoms with Crippen molar-refractivity contribution in [3.8, 4) is 0 Å². The van der Waals surface area contributed by atoms with Gasteiger partial charge in [0.2, 0.25) is 0 Å². The minimum atomic E-state index is -0.0573. The summed E-state index contributed by atoms with van der Waals surface area (Å²) in [7, 11) is 0. The van der Waals surface area contributed by atoms with E-state index in [1.54, 1.807) is 12.1 Å². The molecule has 1 aliphatic rings. The molecule has 1 N–H and O–H groups in total. The molecule has 5 rings (SSSR count). The van der Waals surface area contributed by atoms with Gasteiger partial charge in [-0.15, -0.1) is 0 Å². The minimum absolute atomic E-state index is 0.0573. The third-order valence-corrected chi connectivity index (χ3v) is 7.68. The zero-order valence-corrected chi connectivity index (χ0v) is 20.9. The highest BCUT2D eigenvalue weighted by molar-refractivity contribution is 6.42. The van der Waals surface area contributed by atoms with Gasteiger partial charge in [0.1, 0.15) is 0 Å². The van der Waals surface area contributed by atoms with E-state index in [0.29, 0.717) is 46.1 Å². The Morgan fingerprint density at radius 2 is 1.68 bits per heavy atom. The molecule has 1 amide bonds. The number of nitrogens with one attached hydrogen (secondary N) is 1. The monoisotopic (exact) mass is 510 g/mol. The lowest BCUT2D eigenvalue weighted by Gasteiger charge is -2.27. The fraction of sp³-hybridized carbons (Fsp3) is 0.250. The lowest BCUT2D eigenvalue weighted by molar-refractivity contribution is 0.0747. The summed E-state index contributed by atoms with van der Waals surface area (Å²) in [5, 5.41) is 2.51. The minimum Gasteiger partial charge on any atom is -0.361 e. The van der Waals surface area contributed by atoms with Crippen LogP contribution in [0.1, 0.15) is 52.2 Å². The van der Waals surface area contributed by atoms with Crippen LogP contribution in [0.3, 0.4) is 0 Å². The molecule has 0 atom stereocenters. The predicted octanol–water partition coefficient (Wildman–Crippen LogP) is 8.28. The van der Waals surface area contributed by atoms with Crippen LogP contribution in [0.4, 0.5) is 0 Å². The molecule has 0 unspecified atom stereocenters. The van der Waals surface area contributed by atoms with E-state index < -0.39 is 0 Å². The van der Waals surface area contributed by atoms with Crippen LogP contribution in [0.5, 0.6) is 0 Å². The summed E-state index contributed by atoms with van der Waals surface area (Å²) < 4.78 is 0. The van der Waals surface area contributed by atoms with E-state index in [4.69, 9.17) is 34.8 Å². The molecular formula is C28H25Cl3N2O. The van der Waals surface area contributed by atoms with Crippen LogP contribution in [0, 0.1) is 0 Å². The Bertz CT molecular complexity index is 1330. The number of hydrogen-bond acceptors (Lipinski definition) is 1. The summed E-state index contributed by atoms with van der Waals surface area (Å²) in [4.78, 5) is 18.9. The molecular weight excluding hydrogens is 487 g/mol. The summed E-state index contributed by atoms with van der Waals surface area (Å²) in [6, 6.07) is 19.9. The number of amides is 1. The van der Waals surface area contributed by atoms with Crippen molar-refractivity contribution in [2.45, 2.75) is 38.1 Å². The van der Waals surface area contributed by atoms with Gasteiger partial charge in [-0.25, -0.2) is 0 Å². The Balaban J connectivity index is 1.42. The molecule has 1 heterocycles. The van der Waals surface area contributed by atoms with Crippen molar-refractivity contribution < 1.29 is 4.79 Å². The Hall–Kier alpha value is -2.46. The van der Waals surface area contributed by atoms with Gasteiger partial charge < -0.3 is 9.88 Å². The number of rotatable bonds is 7. The molecule has 1 aromatic heterocycles. The normalized spacial score (nSPS) is 13.7. The van der Waals surface area contributed by atoms with Crippen LogP contribution in [0.2, 0.25) is 15.1 Å². The summed E-state index contributed by atoms with van der Waals surface area (Å²) >= 11 is 18.6. The van der Waals surface area contributed by atoms with Crippen LogP contribution in [0.15, 0.2) is 66.9 Å². The summed E-state index contributed by atoms with van der Waals surface area (Å²) in [5.74, 6) is 0.632. The van der Waals surface area contributed by atoms with Gasteiger partial charge in [-0.1, -0.05) is 71.6 Å². The van der Waals surface area contributed by atoms with Crippen molar-refractivity contribution in [1.82, 2.24) is 9.88 Å². The molecule has 3 aromatic carbocycles. The predicted molar refractivity (Wildman–Crippen MR) is 141 cm³/mol. The van der Waals surface area contributed by atoms with Crippen molar-refractivity contribution in [3.63, 3.8) is 0 Å². The second kappa shape index (κ2) is 10.0.